The summed E-state index contributed by atoms with van der Waals surface area (Å²) in [4.78, 5) is 27.6. The van der Waals surface area contributed by atoms with E-state index in [9.17, 15) is 9.59 Å². The molecular weight excluding hydrogens is 569 g/mol. The molecular formula is C25H18INO4S2. The van der Waals surface area contributed by atoms with Gasteiger partial charge in [0.25, 0.3) is 5.91 Å². The third-order valence-corrected chi connectivity index (χ3v) is 6.61. The van der Waals surface area contributed by atoms with Gasteiger partial charge in [-0.05, 0) is 83.6 Å². The molecule has 0 aromatic heterocycles. The summed E-state index contributed by atoms with van der Waals surface area (Å²) >= 11 is 8.82. The highest BCUT2D eigenvalue weighted by Gasteiger charge is 2.33. The molecule has 0 bridgehead atoms. The Balaban J connectivity index is 1.58. The molecule has 1 amide bonds. The molecule has 1 fully saturated rings. The summed E-state index contributed by atoms with van der Waals surface area (Å²) < 4.78 is 12.7. The summed E-state index contributed by atoms with van der Waals surface area (Å²) in [6, 6.07) is 21.7. The Hall–Kier alpha value is -2.69. The zero-order chi connectivity index (χ0) is 23.4. The Morgan fingerprint density at radius 3 is 2.58 bits per heavy atom. The lowest BCUT2D eigenvalue weighted by molar-refractivity contribution is -0.113. The molecule has 0 unspecified atom stereocenters. The van der Waals surface area contributed by atoms with Crippen molar-refractivity contribution in [1.82, 2.24) is 0 Å². The highest BCUT2D eigenvalue weighted by Crippen LogP contribution is 2.37. The summed E-state index contributed by atoms with van der Waals surface area (Å²) in [5.41, 5.74) is 1.93. The molecule has 1 saturated heterocycles. The van der Waals surface area contributed by atoms with Crippen LogP contribution >= 0.6 is 46.6 Å². The Kier molecular flexibility index (Phi) is 7.46. The standard InChI is InChI=1S/C25H18INO4S2/c1-2-30-21-13-16(11-12-20(21)31-24(29)17-7-6-8-18(26)15-17)14-22-23(28)27(25(32)33-22)19-9-4-3-5-10-19/h3-15H,2H2,1H3. The van der Waals surface area contributed by atoms with Crippen LogP contribution in [0.5, 0.6) is 11.5 Å². The number of hydrogen-bond acceptors (Lipinski definition) is 6. The number of halogens is 1. The number of benzene rings is 3. The van der Waals surface area contributed by atoms with E-state index in [1.54, 1.807) is 42.5 Å². The van der Waals surface area contributed by atoms with E-state index in [-0.39, 0.29) is 5.91 Å². The molecule has 1 aliphatic rings. The van der Waals surface area contributed by atoms with Crippen molar-refractivity contribution < 1.29 is 19.1 Å². The van der Waals surface area contributed by atoms with E-state index in [0.717, 1.165) is 14.8 Å². The fourth-order valence-electron chi connectivity index (χ4n) is 3.16. The summed E-state index contributed by atoms with van der Waals surface area (Å²) in [5, 5.41) is 0. The second kappa shape index (κ2) is 10.5. The second-order valence-corrected chi connectivity index (χ2v) is 9.81. The number of ether oxygens (including phenoxy) is 2. The normalized spacial score (nSPS) is 14.6. The summed E-state index contributed by atoms with van der Waals surface area (Å²) in [6.07, 6.45) is 1.76. The van der Waals surface area contributed by atoms with Gasteiger partial charge in [0.05, 0.1) is 22.8 Å². The van der Waals surface area contributed by atoms with Crippen molar-refractivity contribution in [2.24, 2.45) is 0 Å². The average Bonchev–Trinajstić information content (AvgIpc) is 3.08. The first-order valence-electron chi connectivity index (χ1n) is 10.0. The topological polar surface area (TPSA) is 55.8 Å². The fraction of sp³-hybridized carbons (Fsp3) is 0.0800. The molecule has 0 spiro atoms. The smallest absolute Gasteiger partial charge is 0.343 e. The van der Waals surface area contributed by atoms with Crippen LogP contribution in [-0.4, -0.2) is 22.8 Å². The first-order chi connectivity index (χ1) is 16.0. The van der Waals surface area contributed by atoms with Crippen LogP contribution in [0.3, 0.4) is 0 Å². The zero-order valence-corrected chi connectivity index (χ0v) is 21.3. The van der Waals surface area contributed by atoms with Crippen LogP contribution in [-0.2, 0) is 4.79 Å². The zero-order valence-electron chi connectivity index (χ0n) is 17.5. The quantitative estimate of drug-likeness (QED) is 0.111. The van der Waals surface area contributed by atoms with E-state index in [4.69, 9.17) is 21.7 Å². The number of thioether (sulfide) groups is 1. The number of carbonyl (C=O) groups excluding carboxylic acids is 2. The van der Waals surface area contributed by atoms with Gasteiger partial charge in [-0.3, -0.25) is 9.69 Å². The molecule has 5 nitrogen and oxygen atoms in total. The Morgan fingerprint density at radius 2 is 1.85 bits per heavy atom. The van der Waals surface area contributed by atoms with Gasteiger partial charge in [-0.1, -0.05) is 54.3 Å². The lowest BCUT2D eigenvalue weighted by atomic mass is 10.1. The first kappa shape index (κ1) is 23.5. The Morgan fingerprint density at radius 1 is 1.06 bits per heavy atom. The molecule has 166 valence electrons. The van der Waals surface area contributed by atoms with E-state index in [0.29, 0.717) is 32.9 Å². The predicted octanol–water partition coefficient (Wildman–Crippen LogP) is 6.31. The largest absolute Gasteiger partial charge is 0.490 e. The molecule has 3 aromatic rings. The molecule has 0 N–H and O–H groups in total. The van der Waals surface area contributed by atoms with Crippen LogP contribution in [0.4, 0.5) is 5.69 Å². The van der Waals surface area contributed by atoms with Crippen LogP contribution in [0.2, 0.25) is 0 Å². The van der Waals surface area contributed by atoms with Gasteiger partial charge in [0.2, 0.25) is 0 Å². The van der Waals surface area contributed by atoms with E-state index in [2.05, 4.69) is 22.6 Å². The molecule has 8 heteroatoms. The lowest BCUT2D eigenvalue weighted by Gasteiger charge is -2.14. The molecule has 1 heterocycles. The van der Waals surface area contributed by atoms with Crippen LogP contribution in [0, 0.1) is 3.57 Å². The van der Waals surface area contributed by atoms with Crippen molar-refractivity contribution >= 4 is 74.5 Å². The van der Waals surface area contributed by atoms with Crippen molar-refractivity contribution in [3.63, 3.8) is 0 Å². The van der Waals surface area contributed by atoms with E-state index in [1.807, 2.05) is 43.3 Å². The minimum atomic E-state index is -0.467. The van der Waals surface area contributed by atoms with Crippen LogP contribution in [0.1, 0.15) is 22.8 Å². The molecule has 0 aliphatic carbocycles. The number of amides is 1. The third-order valence-electron chi connectivity index (χ3n) is 4.64. The molecule has 0 radical (unpaired) electrons. The summed E-state index contributed by atoms with van der Waals surface area (Å²) in [6.45, 7) is 2.25. The van der Waals surface area contributed by atoms with Gasteiger partial charge in [0.15, 0.2) is 15.8 Å². The Labute approximate surface area is 214 Å². The predicted molar refractivity (Wildman–Crippen MR) is 144 cm³/mol. The number of hydrogen-bond donors (Lipinski definition) is 0. The number of nitrogens with zero attached hydrogens (tertiary/aromatic N) is 1. The van der Waals surface area contributed by atoms with E-state index < -0.39 is 5.97 Å². The first-order valence-corrected chi connectivity index (χ1v) is 12.3. The lowest BCUT2D eigenvalue weighted by Crippen LogP contribution is -2.27. The maximum Gasteiger partial charge on any atom is 0.343 e. The van der Waals surface area contributed by atoms with Gasteiger partial charge >= 0.3 is 5.97 Å². The fourth-order valence-corrected chi connectivity index (χ4v) is 5.00. The van der Waals surface area contributed by atoms with Gasteiger partial charge < -0.3 is 9.47 Å². The van der Waals surface area contributed by atoms with Crippen LogP contribution < -0.4 is 14.4 Å². The molecule has 0 atom stereocenters. The van der Waals surface area contributed by atoms with Crippen molar-refractivity contribution in [2.45, 2.75) is 6.92 Å². The second-order valence-electron chi connectivity index (χ2n) is 6.89. The molecule has 33 heavy (non-hydrogen) atoms. The van der Waals surface area contributed by atoms with Crippen molar-refractivity contribution in [3.8, 4) is 11.5 Å². The van der Waals surface area contributed by atoms with Gasteiger partial charge in [-0.25, -0.2) is 4.79 Å². The van der Waals surface area contributed by atoms with Gasteiger partial charge in [-0.2, -0.15) is 0 Å². The van der Waals surface area contributed by atoms with Crippen LogP contribution in [0.15, 0.2) is 77.7 Å². The van der Waals surface area contributed by atoms with E-state index in [1.165, 1.54) is 16.7 Å². The highest BCUT2D eigenvalue weighted by molar-refractivity contribution is 14.1. The van der Waals surface area contributed by atoms with Gasteiger partial charge in [-0.15, -0.1) is 0 Å². The number of rotatable bonds is 6. The van der Waals surface area contributed by atoms with Crippen molar-refractivity contribution in [3.05, 3.63) is 92.4 Å². The Bertz CT molecular complexity index is 1260. The van der Waals surface area contributed by atoms with Gasteiger partial charge in [0, 0.05) is 3.57 Å². The molecule has 0 saturated carbocycles. The maximum atomic E-state index is 13.0. The number of esters is 1. The number of anilines is 1. The maximum absolute atomic E-state index is 13.0. The summed E-state index contributed by atoms with van der Waals surface area (Å²) in [7, 11) is 0. The number of carbonyl (C=O) groups is 2. The number of para-hydroxylation sites is 1. The van der Waals surface area contributed by atoms with E-state index >= 15 is 0 Å². The highest BCUT2D eigenvalue weighted by atomic mass is 127. The third kappa shape index (κ3) is 5.45. The molecule has 4 rings (SSSR count). The minimum Gasteiger partial charge on any atom is -0.490 e. The summed E-state index contributed by atoms with van der Waals surface area (Å²) in [5.74, 6) is 0.0905. The van der Waals surface area contributed by atoms with Crippen molar-refractivity contribution in [2.75, 3.05) is 11.5 Å². The van der Waals surface area contributed by atoms with Crippen molar-refractivity contribution in [1.29, 1.82) is 0 Å². The van der Waals surface area contributed by atoms with Crippen LogP contribution in [0.25, 0.3) is 6.08 Å². The number of thiocarbonyl (C=S) groups is 1. The minimum absolute atomic E-state index is 0.177. The average molecular weight is 587 g/mol. The molecule has 1 aliphatic heterocycles. The SMILES string of the molecule is CCOc1cc(C=C2SC(=S)N(c3ccccc3)C2=O)ccc1OC(=O)c1cccc(I)c1. The molecule has 3 aromatic carbocycles. The monoisotopic (exact) mass is 587 g/mol. The van der Waals surface area contributed by atoms with Gasteiger partial charge in [0.1, 0.15) is 0 Å².